The minimum Gasteiger partial charge on any atom is -0.352 e. The third-order valence-corrected chi connectivity index (χ3v) is 3.57. The molecule has 1 aromatic carbocycles. The zero-order valence-electron chi connectivity index (χ0n) is 11.8. The Morgan fingerprint density at radius 1 is 1.37 bits per heavy atom. The van der Waals surface area contributed by atoms with Gasteiger partial charge in [0.15, 0.2) is 0 Å². The fourth-order valence-electron chi connectivity index (χ4n) is 1.71. The molecule has 0 aliphatic rings. The summed E-state index contributed by atoms with van der Waals surface area (Å²) in [4.78, 5) is 12.9. The van der Waals surface area contributed by atoms with Crippen LogP contribution >= 0.6 is 24.2 Å². The SMILES string of the molecule is CNCCCC(=O)NCc1ccc(C)cc1SC.Cl. The van der Waals surface area contributed by atoms with Gasteiger partial charge in [0.05, 0.1) is 0 Å². The Balaban J connectivity index is 0.00000324. The highest BCUT2D eigenvalue weighted by Gasteiger charge is 2.04. The molecule has 0 saturated heterocycles. The van der Waals surface area contributed by atoms with Gasteiger partial charge in [-0.2, -0.15) is 0 Å². The summed E-state index contributed by atoms with van der Waals surface area (Å²) in [7, 11) is 1.90. The number of hydrogen-bond donors (Lipinski definition) is 2. The summed E-state index contributed by atoms with van der Waals surface area (Å²) in [5.41, 5.74) is 2.44. The third-order valence-electron chi connectivity index (χ3n) is 2.75. The summed E-state index contributed by atoms with van der Waals surface area (Å²) in [5.74, 6) is 0.123. The zero-order valence-corrected chi connectivity index (χ0v) is 13.4. The topological polar surface area (TPSA) is 41.1 Å². The van der Waals surface area contributed by atoms with Gasteiger partial charge in [-0.3, -0.25) is 4.79 Å². The first-order valence-electron chi connectivity index (χ1n) is 6.22. The van der Waals surface area contributed by atoms with Crippen molar-refractivity contribution < 1.29 is 4.79 Å². The van der Waals surface area contributed by atoms with Gasteiger partial charge in [0, 0.05) is 17.9 Å². The van der Waals surface area contributed by atoms with E-state index in [4.69, 9.17) is 0 Å². The number of halogens is 1. The Bertz CT molecular complexity index is 399. The van der Waals surface area contributed by atoms with E-state index in [1.54, 1.807) is 11.8 Å². The molecule has 0 fully saturated rings. The van der Waals surface area contributed by atoms with Crippen molar-refractivity contribution in [3.63, 3.8) is 0 Å². The standard InChI is InChI=1S/C14H22N2OS.ClH/c1-11-6-7-12(13(9-11)18-3)10-16-14(17)5-4-8-15-2;/h6-7,9,15H,4-5,8,10H2,1-3H3,(H,16,17);1H. The highest BCUT2D eigenvalue weighted by molar-refractivity contribution is 7.98. The van der Waals surface area contributed by atoms with Gasteiger partial charge in [-0.25, -0.2) is 0 Å². The molecule has 0 radical (unpaired) electrons. The third kappa shape index (κ3) is 6.85. The maximum atomic E-state index is 11.6. The summed E-state index contributed by atoms with van der Waals surface area (Å²) in [6, 6.07) is 6.34. The molecule has 3 nitrogen and oxygen atoms in total. The molecule has 0 bridgehead atoms. The van der Waals surface area contributed by atoms with Gasteiger partial charge in [-0.15, -0.1) is 24.2 Å². The molecule has 19 heavy (non-hydrogen) atoms. The Morgan fingerprint density at radius 2 is 2.11 bits per heavy atom. The van der Waals surface area contributed by atoms with E-state index in [1.165, 1.54) is 16.0 Å². The average molecular weight is 303 g/mol. The zero-order chi connectivity index (χ0) is 13.4. The van der Waals surface area contributed by atoms with Crippen molar-refractivity contribution in [1.29, 1.82) is 0 Å². The largest absolute Gasteiger partial charge is 0.352 e. The van der Waals surface area contributed by atoms with Crippen LogP contribution in [0.4, 0.5) is 0 Å². The van der Waals surface area contributed by atoms with Crippen molar-refractivity contribution in [3.05, 3.63) is 29.3 Å². The number of rotatable bonds is 7. The number of carbonyl (C=O) groups is 1. The van der Waals surface area contributed by atoms with E-state index in [0.29, 0.717) is 13.0 Å². The summed E-state index contributed by atoms with van der Waals surface area (Å²) in [6.07, 6.45) is 3.53. The lowest BCUT2D eigenvalue weighted by atomic mass is 10.1. The Hall–Kier alpha value is -0.710. The van der Waals surface area contributed by atoms with E-state index in [-0.39, 0.29) is 18.3 Å². The molecule has 0 spiro atoms. The van der Waals surface area contributed by atoms with Crippen molar-refractivity contribution in [2.24, 2.45) is 0 Å². The van der Waals surface area contributed by atoms with Gasteiger partial charge in [0.2, 0.25) is 5.91 Å². The molecule has 108 valence electrons. The van der Waals surface area contributed by atoms with Crippen LogP contribution in [0.3, 0.4) is 0 Å². The molecule has 1 aromatic rings. The van der Waals surface area contributed by atoms with E-state index in [1.807, 2.05) is 7.05 Å². The smallest absolute Gasteiger partial charge is 0.220 e. The fourth-order valence-corrected chi connectivity index (χ4v) is 2.41. The van der Waals surface area contributed by atoms with Crippen LogP contribution < -0.4 is 10.6 Å². The molecule has 1 amide bonds. The number of hydrogen-bond acceptors (Lipinski definition) is 3. The van der Waals surface area contributed by atoms with Gasteiger partial charge in [-0.1, -0.05) is 12.1 Å². The molecule has 5 heteroatoms. The first-order valence-corrected chi connectivity index (χ1v) is 7.44. The van der Waals surface area contributed by atoms with Crippen molar-refractivity contribution in [2.75, 3.05) is 19.8 Å². The van der Waals surface area contributed by atoms with Gasteiger partial charge in [0.1, 0.15) is 0 Å². The molecule has 0 atom stereocenters. The summed E-state index contributed by atoms with van der Waals surface area (Å²) in [5, 5.41) is 6.01. The predicted octanol–water partition coefficient (Wildman–Crippen LogP) is 2.75. The normalized spacial score (nSPS) is 9.84. The summed E-state index contributed by atoms with van der Waals surface area (Å²) in [6.45, 7) is 3.59. The highest BCUT2D eigenvalue weighted by atomic mass is 35.5. The minimum atomic E-state index is 0. The number of amides is 1. The summed E-state index contributed by atoms with van der Waals surface area (Å²) < 4.78 is 0. The van der Waals surface area contributed by atoms with Crippen LogP contribution in [0, 0.1) is 6.92 Å². The average Bonchev–Trinajstić information content (AvgIpc) is 2.37. The second-order valence-electron chi connectivity index (χ2n) is 4.30. The first kappa shape index (κ1) is 18.3. The second-order valence-corrected chi connectivity index (χ2v) is 5.15. The Morgan fingerprint density at radius 3 is 2.74 bits per heavy atom. The maximum absolute atomic E-state index is 11.6. The molecule has 0 aromatic heterocycles. The Labute approximate surface area is 126 Å². The van der Waals surface area contributed by atoms with E-state index >= 15 is 0 Å². The number of nitrogens with one attached hydrogen (secondary N) is 2. The van der Waals surface area contributed by atoms with Crippen LogP contribution in [0.2, 0.25) is 0 Å². The van der Waals surface area contributed by atoms with E-state index < -0.39 is 0 Å². The van der Waals surface area contributed by atoms with Gasteiger partial charge >= 0.3 is 0 Å². The number of carbonyl (C=O) groups excluding carboxylic acids is 1. The van der Waals surface area contributed by atoms with Crippen molar-refractivity contribution >= 4 is 30.1 Å². The van der Waals surface area contributed by atoms with Crippen molar-refractivity contribution in [2.45, 2.75) is 31.2 Å². The van der Waals surface area contributed by atoms with Gasteiger partial charge in [-0.05, 0) is 50.4 Å². The van der Waals surface area contributed by atoms with Gasteiger partial charge < -0.3 is 10.6 Å². The monoisotopic (exact) mass is 302 g/mol. The molecule has 0 heterocycles. The van der Waals surface area contributed by atoms with Crippen molar-refractivity contribution in [1.82, 2.24) is 10.6 Å². The molecule has 0 saturated carbocycles. The molecule has 0 aliphatic carbocycles. The highest BCUT2D eigenvalue weighted by Crippen LogP contribution is 2.21. The number of aryl methyl sites for hydroxylation is 1. The van der Waals surface area contributed by atoms with Crippen LogP contribution in [0.25, 0.3) is 0 Å². The second kappa shape index (κ2) is 10.1. The van der Waals surface area contributed by atoms with E-state index in [2.05, 4.69) is 42.0 Å². The predicted molar refractivity (Wildman–Crippen MR) is 85.2 cm³/mol. The van der Waals surface area contributed by atoms with Crippen molar-refractivity contribution in [3.8, 4) is 0 Å². The number of benzene rings is 1. The van der Waals surface area contributed by atoms with E-state index in [0.717, 1.165) is 13.0 Å². The molecule has 2 N–H and O–H groups in total. The molecular formula is C14H23ClN2OS. The molecule has 0 aliphatic heterocycles. The fraction of sp³-hybridized carbons (Fsp3) is 0.500. The lowest BCUT2D eigenvalue weighted by molar-refractivity contribution is -0.121. The van der Waals surface area contributed by atoms with Crippen LogP contribution in [0.1, 0.15) is 24.0 Å². The van der Waals surface area contributed by atoms with Crippen LogP contribution in [-0.2, 0) is 11.3 Å². The van der Waals surface area contributed by atoms with Crippen LogP contribution in [0.5, 0.6) is 0 Å². The first-order chi connectivity index (χ1) is 8.67. The Kier molecular flexibility index (Phi) is 9.74. The maximum Gasteiger partial charge on any atom is 0.220 e. The van der Waals surface area contributed by atoms with E-state index in [9.17, 15) is 4.79 Å². The van der Waals surface area contributed by atoms with Gasteiger partial charge in [0.25, 0.3) is 0 Å². The molecular weight excluding hydrogens is 280 g/mol. The lowest BCUT2D eigenvalue weighted by Crippen LogP contribution is -2.23. The minimum absolute atomic E-state index is 0. The van der Waals surface area contributed by atoms with Crippen LogP contribution in [0.15, 0.2) is 23.1 Å². The quantitative estimate of drug-likeness (QED) is 0.601. The summed E-state index contributed by atoms with van der Waals surface area (Å²) >= 11 is 1.72. The number of thioether (sulfide) groups is 1. The molecule has 1 rings (SSSR count). The lowest BCUT2D eigenvalue weighted by Gasteiger charge is -2.10. The molecule has 0 unspecified atom stereocenters. The van der Waals surface area contributed by atoms with Crippen LogP contribution in [-0.4, -0.2) is 25.8 Å².